The second kappa shape index (κ2) is 4.97. The highest BCUT2D eigenvalue weighted by molar-refractivity contribution is 5.57. The van der Waals surface area contributed by atoms with Crippen molar-refractivity contribution in [1.29, 1.82) is 0 Å². The van der Waals surface area contributed by atoms with Crippen molar-refractivity contribution >= 4 is 6.16 Å². The summed E-state index contributed by atoms with van der Waals surface area (Å²) in [5, 5.41) is 28.0. The third kappa shape index (κ3) is 3.67. The molecule has 0 aromatic carbocycles. The Bertz CT molecular complexity index is 357. The van der Waals surface area contributed by atoms with Crippen molar-refractivity contribution in [2.45, 2.75) is 24.6 Å². The Morgan fingerprint density at radius 3 is 1.83 bits per heavy atom. The maximum Gasteiger partial charge on any atom is 0.508 e. The second-order valence-electron chi connectivity index (χ2n) is 2.85. The van der Waals surface area contributed by atoms with E-state index in [1.54, 1.807) is 0 Å². The molecule has 0 aliphatic rings. The fraction of sp³-hybridized carbons (Fsp3) is 0.800. The van der Waals surface area contributed by atoms with E-state index in [0.29, 0.717) is 0 Å². The minimum Gasteiger partial charge on any atom is -0.450 e. The molecule has 1 atom stereocenters. The van der Waals surface area contributed by atoms with Gasteiger partial charge in [-0.1, -0.05) is 0 Å². The molecule has 1 N–H and O–H groups in total. The van der Waals surface area contributed by atoms with Crippen LogP contribution in [0.4, 0.5) is 22.4 Å². The van der Waals surface area contributed by atoms with Gasteiger partial charge in [0.25, 0.3) is 0 Å². The normalized spacial score (nSPS) is 14.9. The Balaban J connectivity index is 5.29. The number of rotatable bonds is 5. The van der Waals surface area contributed by atoms with Gasteiger partial charge in [0.15, 0.2) is 6.42 Å². The number of nitro groups is 2. The fourth-order valence-electron chi connectivity index (χ4n) is 0.815. The van der Waals surface area contributed by atoms with Crippen LogP contribution < -0.4 is 0 Å². The van der Waals surface area contributed by atoms with Gasteiger partial charge in [0.1, 0.15) is 0 Å². The van der Waals surface area contributed by atoms with Crippen LogP contribution in [0.25, 0.3) is 0 Å². The van der Waals surface area contributed by atoms with Crippen LogP contribution in [0.3, 0.4) is 0 Å². The van der Waals surface area contributed by atoms with Crippen molar-refractivity contribution in [3.8, 4) is 0 Å². The highest BCUT2D eigenvalue weighted by atomic mass is 19.4. The Labute approximate surface area is 94.2 Å². The van der Waals surface area contributed by atoms with Crippen LogP contribution >= 0.6 is 0 Å². The molecule has 0 aliphatic heterocycles. The molecule has 0 saturated heterocycles. The Morgan fingerprint density at radius 2 is 1.61 bits per heavy atom. The van der Waals surface area contributed by atoms with Gasteiger partial charge in [0.05, 0.1) is 9.85 Å². The highest BCUT2D eigenvalue weighted by Crippen LogP contribution is 2.39. The van der Waals surface area contributed by atoms with Crippen LogP contribution in [0.1, 0.15) is 6.42 Å². The van der Waals surface area contributed by atoms with Crippen LogP contribution in [-0.2, 0) is 4.74 Å². The van der Waals surface area contributed by atoms with E-state index in [1.807, 2.05) is 0 Å². The van der Waals surface area contributed by atoms with E-state index in [0.717, 1.165) is 0 Å². The number of alkyl halides is 4. The molecule has 0 aliphatic carbocycles. The lowest BCUT2D eigenvalue weighted by molar-refractivity contribution is -0.747. The molecular formula is C5H4F4N2O7. The first-order chi connectivity index (χ1) is 7.90. The van der Waals surface area contributed by atoms with Gasteiger partial charge < -0.3 is 9.84 Å². The first-order valence-electron chi connectivity index (χ1n) is 3.85. The van der Waals surface area contributed by atoms with Crippen molar-refractivity contribution in [3.63, 3.8) is 0 Å². The standard InChI is InChI=1S/C5H4F4N2O7/c6-4(5(7,8)9,18-3(12)13)1-2(10(14)15)11(16)17/h2H,1H2,(H,12,13). The molecule has 13 heteroatoms. The minimum atomic E-state index is -5.99. The van der Waals surface area contributed by atoms with Gasteiger partial charge >= 0.3 is 24.4 Å². The molecule has 0 heterocycles. The summed E-state index contributed by atoms with van der Waals surface area (Å²) in [4.78, 5) is 26.4. The lowest BCUT2D eigenvalue weighted by atomic mass is 10.1. The number of carbonyl (C=O) groups is 1. The molecule has 0 aromatic rings. The minimum absolute atomic E-state index is 1.80. The quantitative estimate of drug-likeness (QED) is 0.263. The molecule has 0 rings (SSSR count). The number of hydrogen-bond acceptors (Lipinski definition) is 6. The monoisotopic (exact) mass is 280 g/mol. The van der Waals surface area contributed by atoms with Crippen molar-refractivity contribution < 1.29 is 42.0 Å². The SMILES string of the molecule is O=C(O)OC(F)(CC([N+](=O)[O-])[N+](=O)[O-])C(F)(F)F. The molecule has 1 unspecified atom stereocenters. The molecule has 0 aromatic heterocycles. The van der Waals surface area contributed by atoms with Crippen molar-refractivity contribution in [2.75, 3.05) is 0 Å². The molecule has 0 radical (unpaired) electrons. The van der Waals surface area contributed by atoms with Crippen LogP contribution in [0.2, 0.25) is 0 Å². The third-order valence-corrected chi connectivity index (χ3v) is 1.60. The molecule has 0 amide bonds. The van der Waals surface area contributed by atoms with Gasteiger partial charge in [0, 0.05) is 0 Å². The first-order valence-corrected chi connectivity index (χ1v) is 3.85. The molecular weight excluding hydrogens is 276 g/mol. The van der Waals surface area contributed by atoms with Crippen LogP contribution in [0.5, 0.6) is 0 Å². The summed E-state index contributed by atoms with van der Waals surface area (Å²) in [6, 6.07) is 0. The van der Waals surface area contributed by atoms with Crippen LogP contribution in [0.15, 0.2) is 0 Å². The van der Waals surface area contributed by atoms with Gasteiger partial charge in [-0.05, 0) is 0 Å². The maximum atomic E-state index is 13.2. The zero-order valence-corrected chi connectivity index (χ0v) is 8.09. The number of carboxylic acid groups (broad SMARTS) is 1. The summed E-state index contributed by atoms with van der Waals surface area (Å²) in [6.45, 7) is 0. The van der Waals surface area contributed by atoms with Crippen molar-refractivity contribution in [1.82, 2.24) is 0 Å². The van der Waals surface area contributed by atoms with E-state index in [4.69, 9.17) is 5.11 Å². The van der Waals surface area contributed by atoms with E-state index in [1.165, 1.54) is 0 Å². The summed E-state index contributed by atoms with van der Waals surface area (Å²) in [7, 11) is 0. The summed E-state index contributed by atoms with van der Waals surface area (Å²) < 4.78 is 52.5. The van der Waals surface area contributed by atoms with Gasteiger partial charge in [-0.25, -0.2) is 4.79 Å². The Kier molecular flexibility index (Phi) is 4.36. The Morgan fingerprint density at radius 1 is 1.22 bits per heavy atom. The van der Waals surface area contributed by atoms with E-state index >= 15 is 0 Å². The van der Waals surface area contributed by atoms with Crippen molar-refractivity contribution in [3.05, 3.63) is 20.2 Å². The van der Waals surface area contributed by atoms with Gasteiger partial charge in [-0.2, -0.15) is 17.6 Å². The fourth-order valence-corrected chi connectivity index (χ4v) is 0.815. The maximum absolute atomic E-state index is 13.2. The molecule has 0 saturated carbocycles. The molecule has 0 spiro atoms. The van der Waals surface area contributed by atoms with E-state index < -0.39 is 40.6 Å². The highest BCUT2D eigenvalue weighted by Gasteiger charge is 2.65. The molecule has 104 valence electrons. The number of ether oxygens (including phenoxy) is 1. The predicted molar refractivity (Wildman–Crippen MR) is 41.4 cm³/mol. The van der Waals surface area contributed by atoms with Crippen LogP contribution in [0, 0.1) is 20.2 Å². The number of hydrogen-bond donors (Lipinski definition) is 1. The third-order valence-electron chi connectivity index (χ3n) is 1.60. The topological polar surface area (TPSA) is 133 Å². The average Bonchev–Trinajstić information content (AvgIpc) is 2.10. The van der Waals surface area contributed by atoms with E-state index in [2.05, 4.69) is 4.74 Å². The zero-order chi connectivity index (χ0) is 14.7. The second-order valence-corrected chi connectivity index (χ2v) is 2.85. The lowest BCUT2D eigenvalue weighted by Crippen LogP contribution is -2.50. The predicted octanol–water partition coefficient (Wildman–Crippen LogP) is 1.18. The van der Waals surface area contributed by atoms with Crippen molar-refractivity contribution in [2.24, 2.45) is 0 Å². The lowest BCUT2D eigenvalue weighted by Gasteiger charge is -2.24. The van der Waals surface area contributed by atoms with E-state index in [9.17, 15) is 42.6 Å². The summed E-state index contributed by atoms with van der Waals surface area (Å²) >= 11 is 0. The molecule has 0 bridgehead atoms. The van der Waals surface area contributed by atoms with Gasteiger partial charge in [-0.15, -0.1) is 0 Å². The zero-order valence-electron chi connectivity index (χ0n) is 8.09. The average molecular weight is 280 g/mol. The van der Waals surface area contributed by atoms with Gasteiger partial charge in [0.2, 0.25) is 0 Å². The Hall–Kier alpha value is -2.21. The number of nitrogens with zero attached hydrogens (tertiary/aromatic N) is 2. The summed E-state index contributed by atoms with van der Waals surface area (Å²) in [5.74, 6) is -5.04. The van der Waals surface area contributed by atoms with Gasteiger partial charge in [-0.3, -0.25) is 20.2 Å². The largest absolute Gasteiger partial charge is 0.508 e. The molecule has 0 fully saturated rings. The van der Waals surface area contributed by atoms with E-state index in [-0.39, 0.29) is 0 Å². The summed E-state index contributed by atoms with van der Waals surface area (Å²) in [6.07, 6.45) is -14.3. The number of halogens is 4. The van der Waals surface area contributed by atoms with Crippen LogP contribution in [-0.4, -0.2) is 39.3 Å². The summed E-state index contributed by atoms with van der Waals surface area (Å²) in [5.41, 5.74) is 0. The first kappa shape index (κ1) is 15.8. The molecule has 18 heavy (non-hydrogen) atoms. The molecule has 9 nitrogen and oxygen atoms in total. The smallest absolute Gasteiger partial charge is 0.450 e.